The van der Waals surface area contributed by atoms with Gasteiger partial charge >= 0.3 is 0 Å². The molecule has 0 saturated carbocycles. The molecule has 0 saturated heterocycles. The molecule has 0 aliphatic carbocycles. The predicted molar refractivity (Wildman–Crippen MR) is 65.4 cm³/mol. The summed E-state index contributed by atoms with van der Waals surface area (Å²) in [4.78, 5) is 0. The zero-order valence-corrected chi connectivity index (χ0v) is 10.9. The molecule has 1 heterocycles. The van der Waals surface area contributed by atoms with Gasteiger partial charge in [-0.25, -0.2) is 0 Å². The van der Waals surface area contributed by atoms with Crippen LogP contribution in [0.4, 0.5) is 0 Å². The fourth-order valence-electron chi connectivity index (χ4n) is 2.07. The summed E-state index contributed by atoms with van der Waals surface area (Å²) in [5, 5.41) is 7.60. The van der Waals surface area contributed by atoms with Crippen molar-refractivity contribution in [1.82, 2.24) is 15.1 Å². The van der Waals surface area contributed by atoms with E-state index in [1.54, 1.807) is 0 Å². The second kappa shape index (κ2) is 5.46. The first-order valence-corrected chi connectivity index (χ1v) is 5.88. The van der Waals surface area contributed by atoms with Gasteiger partial charge in [-0.15, -0.1) is 0 Å². The highest BCUT2D eigenvalue weighted by Gasteiger charge is 2.31. The van der Waals surface area contributed by atoms with Gasteiger partial charge in [0.1, 0.15) is 0 Å². The quantitative estimate of drug-likeness (QED) is 0.804. The number of ether oxygens (including phenoxy) is 1. The van der Waals surface area contributed by atoms with Gasteiger partial charge < -0.3 is 10.1 Å². The number of likely N-dealkylation sites (N-methyl/N-ethyl adjacent to an activating group) is 1. The number of nitrogens with one attached hydrogen (secondary N) is 1. The molecule has 1 rings (SSSR count). The lowest BCUT2D eigenvalue weighted by Gasteiger charge is -2.33. The summed E-state index contributed by atoms with van der Waals surface area (Å²) < 4.78 is 7.71. The topological polar surface area (TPSA) is 39.1 Å². The molecule has 1 unspecified atom stereocenters. The van der Waals surface area contributed by atoms with Crippen molar-refractivity contribution in [3.05, 3.63) is 18.0 Å². The van der Waals surface area contributed by atoms with E-state index in [-0.39, 0.29) is 11.6 Å². The van der Waals surface area contributed by atoms with E-state index in [0.717, 1.165) is 6.54 Å². The largest absolute Gasteiger partial charge is 0.374 e. The van der Waals surface area contributed by atoms with Gasteiger partial charge in [-0.1, -0.05) is 0 Å². The molecule has 0 spiro atoms. The van der Waals surface area contributed by atoms with Crippen LogP contribution in [-0.4, -0.2) is 29.0 Å². The van der Waals surface area contributed by atoms with Crippen LogP contribution in [0.15, 0.2) is 12.4 Å². The van der Waals surface area contributed by atoms with Crippen molar-refractivity contribution >= 4 is 0 Å². The molecule has 1 aromatic rings. The minimum absolute atomic E-state index is 0.160. The first kappa shape index (κ1) is 13.2. The van der Waals surface area contributed by atoms with E-state index in [2.05, 4.69) is 37.4 Å². The van der Waals surface area contributed by atoms with Crippen LogP contribution >= 0.6 is 0 Å². The Morgan fingerprint density at radius 3 is 2.62 bits per heavy atom. The summed E-state index contributed by atoms with van der Waals surface area (Å²) in [6.45, 7) is 9.91. The molecule has 0 aliphatic heterocycles. The maximum atomic E-state index is 5.78. The Bertz CT molecular complexity index is 320. The molecule has 4 heteroatoms. The molecule has 1 N–H and O–H groups in total. The lowest BCUT2D eigenvalue weighted by molar-refractivity contribution is -0.0375. The lowest BCUT2D eigenvalue weighted by Crippen LogP contribution is -2.40. The smallest absolute Gasteiger partial charge is 0.0821 e. The highest BCUT2D eigenvalue weighted by atomic mass is 16.5. The summed E-state index contributed by atoms with van der Waals surface area (Å²) in [7, 11) is 1.95. The number of rotatable bonds is 6. The molecule has 4 nitrogen and oxygen atoms in total. The Balaban J connectivity index is 2.88. The van der Waals surface area contributed by atoms with Crippen LogP contribution in [0.3, 0.4) is 0 Å². The third-order valence-electron chi connectivity index (χ3n) is 2.81. The van der Waals surface area contributed by atoms with Gasteiger partial charge in [0.2, 0.25) is 0 Å². The third-order valence-corrected chi connectivity index (χ3v) is 2.81. The van der Waals surface area contributed by atoms with Crippen molar-refractivity contribution in [2.24, 2.45) is 0 Å². The van der Waals surface area contributed by atoms with Crippen molar-refractivity contribution in [1.29, 1.82) is 0 Å². The molecule has 0 bridgehead atoms. The monoisotopic (exact) mass is 225 g/mol. The van der Waals surface area contributed by atoms with Crippen molar-refractivity contribution in [2.45, 2.75) is 45.9 Å². The molecule has 0 amide bonds. The van der Waals surface area contributed by atoms with Crippen LogP contribution in [-0.2, 0) is 11.3 Å². The van der Waals surface area contributed by atoms with E-state index in [9.17, 15) is 0 Å². The zero-order valence-electron chi connectivity index (χ0n) is 10.9. The highest BCUT2D eigenvalue weighted by Crippen LogP contribution is 2.28. The molecule has 16 heavy (non-hydrogen) atoms. The summed E-state index contributed by atoms with van der Waals surface area (Å²) in [5.41, 5.74) is 0.938. The predicted octanol–water partition coefficient (Wildman–Crippen LogP) is 1.98. The van der Waals surface area contributed by atoms with Gasteiger partial charge in [0.15, 0.2) is 0 Å². The van der Waals surface area contributed by atoms with Crippen LogP contribution < -0.4 is 5.32 Å². The number of aromatic nitrogens is 2. The lowest BCUT2D eigenvalue weighted by atomic mass is 9.94. The minimum Gasteiger partial charge on any atom is -0.374 e. The van der Waals surface area contributed by atoms with Gasteiger partial charge in [0, 0.05) is 24.9 Å². The normalized spacial score (nSPS) is 14.1. The van der Waals surface area contributed by atoms with Crippen LogP contribution in [0.5, 0.6) is 0 Å². The van der Waals surface area contributed by atoms with E-state index < -0.39 is 0 Å². The third kappa shape index (κ3) is 2.83. The van der Waals surface area contributed by atoms with Crippen LogP contribution in [0, 0.1) is 0 Å². The number of hydrogen-bond acceptors (Lipinski definition) is 3. The number of nitrogens with zero attached hydrogens (tertiary/aromatic N) is 2. The minimum atomic E-state index is -0.231. The van der Waals surface area contributed by atoms with E-state index in [1.165, 1.54) is 5.56 Å². The van der Waals surface area contributed by atoms with E-state index in [1.807, 2.05) is 24.9 Å². The van der Waals surface area contributed by atoms with Gasteiger partial charge in [0.25, 0.3) is 0 Å². The standard InChI is InChI=1S/C12H23N3O/c1-6-15-9-10(8-14-15)11(13-5)12(3,4)16-7-2/h8-9,11,13H,6-7H2,1-5H3. The first-order valence-electron chi connectivity index (χ1n) is 5.88. The molecular formula is C12H23N3O. The molecule has 0 aliphatic rings. The Hall–Kier alpha value is -0.870. The maximum Gasteiger partial charge on any atom is 0.0821 e. The fourth-order valence-corrected chi connectivity index (χ4v) is 2.07. The molecule has 1 atom stereocenters. The number of hydrogen-bond donors (Lipinski definition) is 1. The summed E-state index contributed by atoms with van der Waals surface area (Å²) in [6.07, 6.45) is 3.98. The van der Waals surface area contributed by atoms with Gasteiger partial charge in [-0.3, -0.25) is 4.68 Å². The van der Waals surface area contributed by atoms with Crippen LogP contribution in [0.2, 0.25) is 0 Å². The molecular weight excluding hydrogens is 202 g/mol. The van der Waals surface area contributed by atoms with Gasteiger partial charge in [0.05, 0.1) is 17.8 Å². The Labute approximate surface area is 98.0 Å². The van der Waals surface area contributed by atoms with Crippen LogP contribution in [0.1, 0.15) is 39.3 Å². The van der Waals surface area contributed by atoms with Crippen LogP contribution in [0.25, 0.3) is 0 Å². The zero-order chi connectivity index (χ0) is 12.2. The number of aryl methyl sites for hydroxylation is 1. The summed E-state index contributed by atoms with van der Waals surface area (Å²) in [5.74, 6) is 0. The highest BCUT2D eigenvalue weighted by molar-refractivity contribution is 5.14. The van der Waals surface area contributed by atoms with Gasteiger partial charge in [-0.2, -0.15) is 5.10 Å². The Kier molecular flexibility index (Phi) is 4.50. The summed E-state index contributed by atoms with van der Waals surface area (Å²) in [6, 6.07) is 0.160. The Morgan fingerprint density at radius 2 is 2.19 bits per heavy atom. The molecule has 0 fully saturated rings. The molecule has 0 aromatic carbocycles. The van der Waals surface area contributed by atoms with Crippen molar-refractivity contribution in [2.75, 3.05) is 13.7 Å². The maximum absolute atomic E-state index is 5.78. The Morgan fingerprint density at radius 1 is 1.50 bits per heavy atom. The SMILES string of the molecule is CCOC(C)(C)C(NC)c1cnn(CC)c1. The van der Waals surface area contributed by atoms with E-state index in [0.29, 0.717) is 6.61 Å². The first-order chi connectivity index (χ1) is 7.55. The molecule has 1 aromatic heterocycles. The molecule has 0 radical (unpaired) electrons. The van der Waals surface area contributed by atoms with Gasteiger partial charge in [-0.05, 0) is 34.7 Å². The molecule has 92 valence electrons. The second-order valence-electron chi connectivity index (χ2n) is 4.39. The average molecular weight is 225 g/mol. The summed E-state index contributed by atoms with van der Waals surface area (Å²) >= 11 is 0. The van der Waals surface area contributed by atoms with Crippen molar-refractivity contribution in [3.63, 3.8) is 0 Å². The van der Waals surface area contributed by atoms with E-state index >= 15 is 0 Å². The average Bonchev–Trinajstić information content (AvgIpc) is 2.66. The fraction of sp³-hybridized carbons (Fsp3) is 0.750. The van der Waals surface area contributed by atoms with Crippen molar-refractivity contribution in [3.8, 4) is 0 Å². The van der Waals surface area contributed by atoms with Crippen molar-refractivity contribution < 1.29 is 4.74 Å². The van der Waals surface area contributed by atoms with E-state index in [4.69, 9.17) is 4.74 Å². The second-order valence-corrected chi connectivity index (χ2v) is 4.39.